The molecule has 9 heavy (non-hydrogen) atoms. The molecule has 0 atom stereocenters. The molecule has 4 heteroatoms. The Morgan fingerprint density at radius 3 is 2.33 bits per heavy atom. The Hall–Kier alpha value is -1.32. The van der Waals surface area contributed by atoms with E-state index in [-0.39, 0.29) is 11.4 Å². The summed E-state index contributed by atoms with van der Waals surface area (Å²) in [7, 11) is 1.41. The highest BCUT2D eigenvalue weighted by Gasteiger charge is 2.05. The van der Waals surface area contributed by atoms with Crippen molar-refractivity contribution in [1.29, 1.82) is 0 Å². The topological polar surface area (TPSA) is 75.7 Å². The van der Waals surface area contributed by atoms with Crippen LogP contribution in [-0.4, -0.2) is 24.0 Å². The number of carboxylic acids is 1. The number of carboxylic acid groups (broad SMARTS) is 1. The third kappa shape index (κ3) is 1.94. The lowest BCUT2D eigenvalue weighted by molar-refractivity contribution is -0.132. The molecule has 0 bridgehead atoms. The van der Waals surface area contributed by atoms with Crippen LogP contribution in [-0.2, 0) is 4.79 Å². The van der Waals surface area contributed by atoms with E-state index >= 15 is 0 Å². The molecule has 0 saturated carbocycles. The summed E-state index contributed by atoms with van der Waals surface area (Å²) in [5, 5.41) is 8.22. The summed E-state index contributed by atoms with van der Waals surface area (Å²) in [6.07, 6.45) is 0. The summed E-state index contributed by atoms with van der Waals surface area (Å²) >= 11 is 0. The van der Waals surface area contributed by atoms with Crippen molar-refractivity contribution in [3.8, 4) is 0 Å². The third-order valence-electron chi connectivity index (χ3n) is 0.808. The zero-order valence-electron chi connectivity index (χ0n) is 5.09. The minimum atomic E-state index is -1.14. The number of carbonyl (C=O) groups is 1. The van der Waals surface area contributed by atoms with Gasteiger partial charge in [0.15, 0.2) is 0 Å². The molecule has 0 amide bonds. The Balaban J connectivity index is 4.23. The van der Waals surface area contributed by atoms with Crippen LogP contribution in [0.1, 0.15) is 0 Å². The van der Waals surface area contributed by atoms with Gasteiger partial charge in [0.25, 0.3) is 0 Å². The number of aliphatic carboxylic acids is 1. The molecule has 0 heterocycles. The fraction of sp³-hybridized carbons (Fsp3) is 0.200. The highest BCUT2D eigenvalue weighted by Crippen LogP contribution is 1.87. The predicted octanol–water partition coefficient (Wildman–Crippen LogP) is -0.386. The van der Waals surface area contributed by atoms with Crippen molar-refractivity contribution in [2.24, 2.45) is 10.7 Å². The number of nitrogens with two attached hydrogens (primary N) is 1. The Bertz CT molecular complexity index is 172. The van der Waals surface area contributed by atoms with Gasteiger partial charge in [-0.05, 0) is 0 Å². The van der Waals surface area contributed by atoms with Gasteiger partial charge in [-0.3, -0.25) is 4.99 Å². The van der Waals surface area contributed by atoms with Crippen molar-refractivity contribution < 1.29 is 9.90 Å². The van der Waals surface area contributed by atoms with Crippen LogP contribution in [0.5, 0.6) is 0 Å². The Morgan fingerprint density at radius 2 is 2.22 bits per heavy atom. The minimum Gasteiger partial charge on any atom is -0.478 e. The molecule has 0 unspecified atom stereocenters. The standard InChI is InChI=1S/C5H8N2O2/c1-3(5(8)9)4(6)7-2/h1H2,2H3,(H2,6,7)(H,8,9). The van der Waals surface area contributed by atoms with Crippen molar-refractivity contribution in [3.05, 3.63) is 12.2 Å². The van der Waals surface area contributed by atoms with Gasteiger partial charge in [0.1, 0.15) is 5.84 Å². The molecule has 0 saturated heterocycles. The number of hydrogen-bond donors (Lipinski definition) is 2. The number of nitrogens with zero attached hydrogens (tertiary/aromatic N) is 1. The van der Waals surface area contributed by atoms with Gasteiger partial charge in [-0.2, -0.15) is 0 Å². The second-order valence-corrected chi connectivity index (χ2v) is 1.39. The number of aliphatic imine (C=N–C) groups is 1. The zero-order chi connectivity index (χ0) is 7.44. The molecule has 0 rings (SSSR count). The number of rotatable bonds is 2. The van der Waals surface area contributed by atoms with E-state index in [0.717, 1.165) is 0 Å². The molecule has 0 fully saturated rings. The molecule has 0 aromatic carbocycles. The van der Waals surface area contributed by atoms with Crippen molar-refractivity contribution in [2.75, 3.05) is 7.05 Å². The van der Waals surface area contributed by atoms with Crippen molar-refractivity contribution in [1.82, 2.24) is 0 Å². The summed E-state index contributed by atoms with van der Waals surface area (Å²) in [5.41, 5.74) is 4.92. The van der Waals surface area contributed by atoms with E-state index in [1.165, 1.54) is 7.05 Å². The van der Waals surface area contributed by atoms with E-state index in [1.807, 2.05) is 0 Å². The lowest BCUT2D eigenvalue weighted by Crippen LogP contribution is -2.19. The summed E-state index contributed by atoms with van der Waals surface area (Å²) < 4.78 is 0. The monoisotopic (exact) mass is 128 g/mol. The van der Waals surface area contributed by atoms with Crippen LogP contribution in [0.4, 0.5) is 0 Å². The second-order valence-electron chi connectivity index (χ2n) is 1.39. The van der Waals surface area contributed by atoms with Gasteiger partial charge < -0.3 is 10.8 Å². The van der Waals surface area contributed by atoms with Gasteiger partial charge in [0, 0.05) is 7.05 Å². The molecule has 0 aliphatic carbocycles. The average Bonchev–Trinajstić information content (AvgIpc) is 1.84. The maximum Gasteiger partial charge on any atom is 0.338 e. The van der Waals surface area contributed by atoms with E-state index in [9.17, 15) is 4.79 Å². The highest BCUT2D eigenvalue weighted by atomic mass is 16.4. The van der Waals surface area contributed by atoms with E-state index < -0.39 is 5.97 Å². The van der Waals surface area contributed by atoms with Crippen LogP contribution in [0, 0.1) is 0 Å². The van der Waals surface area contributed by atoms with Gasteiger partial charge in [-0.1, -0.05) is 6.58 Å². The summed E-state index contributed by atoms with van der Waals surface area (Å²) in [6, 6.07) is 0. The predicted molar refractivity (Wildman–Crippen MR) is 34.3 cm³/mol. The molecule has 0 radical (unpaired) electrons. The Morgan fingerprint density at radius 1 is 1.78 bits per heavy atom. The van der Waals surface area contributed by atoms with Crippen molar-refractivity contribution in [3.63, 3.8) is 0 Å². The van der Waals surface area contributed by atoms with Gasteiger partial charge >= 0.3 is 5.97 Å². The fourth-order valence-electron chi connectivity index (χ4n) is 0.245. The van der Waals surface area contributed by atoms with Crippen molar-refractivity contribution >= 4 is 11.8 Å². The van der Waals surface area contributed by atoms with Crippen LogP contribution in [0.15, 0.2) is 17.1 Å². The summed E-state index contributed by atoms with van der Waals surface area (Å²) in [4.78, 5) is 13.5. The fourth-order valence-corrected chi connectivity index (χ4v) is 0.245. The van der Waals surface area contributed by atoms with Gasteiger partial charge in [-0.25, -0.2) is 4.79 Å². The third-order valence-corrected chi connectivity index (χ3v) is 0.808. The summed E-state index contributed by atoms with van der Waals surface area (Å²) in [5.74, 6) is -1.18. The largest absolute Gasteiger partial charge is 0.478 e. The minimum absolute atomic E-state index is 0.0394. The smallest absolute Gasteiger partial charge is 0.338 e. The van der Waals surface area contributed by atoms with Crippen LogP contribution >= 0.6 is 0 Å². The lowest BCUT2D eigenvalue weighted by Gasteiger charge is -1.94. The Labute approximate surface area is 52.7 Å². The number of amidine groups is 1. The molecule has 3 N–H and O–H groups in total. The molecular formula is C5H8N2O2. The zero-order valence-corrected chi connectivity index (χ0v) is 5.09. The maximum atomic E-state index is 10.0. The average molecular weight is 128 g/mol. The maximum absolute atomic E-state index is 10.0. The van der Waals surface area contributed by atoms with E-state index in [2.05, 4.69) is 11.6 Å². The van der Waals surface area contributed by atoms with Crippen LogP contribution in [0.2, 0.25) is 0 Å². The SMILES string of the molecule is C=C(C(=O)O)C(N)=NC. The van der Waals surface area contributed by atoms with E-state index in [0.29, 0.717) is 0 Å². The van der Waals surface area contributed by atoms with Crippen LogP contribution < -0.4 is 5.73 Å². The van der Waals surface area contributed by atoms with Crippen LogP contribution in [0.3, 0.4) is 0 Å². The van der Waals surface area contributed by atoms with Crippen molar-refractivity contribution in [2.45, 2.75) is 0 Å². The van der Waals surface area contributed by atoms with Gasteiger partial charge in [0.2, 0.25) is 0 Å². The van der Waals surface area contributed by atoms with E-state index in [1.54, 1.807) is 0 Å². The second kappa shape index (κ2) is 2.86. The van der Waals surface area contributed by atoms with E-state index in [4.69, 9.17) is 10.8 Å². The molecule has 0 spiro atoms. The first-order chi connectivity index (χ1) is 4.09. The quantitative estimate of drug-likeness (QED) is 0.302. The highest BCUT2D eigenvalue weighted by molar-refractivity contribution is 6.16. The normalized spacial score (nSPS) is 11.0. The van der Waals surface area contributed by atoms with Gasteiger partial charge in [0.05, 0.1) is 5.57 Å². The van der Waals surface area contributed by atoms with Crippen LogP contribution in [0.25, 0.3) is 0 Å². The first-order valence-electron chi connectivity index (χ1n) is 2.24. The summed E-state index contributed by atoms with van der Waals surface area (Å²) in [6.45, 7) is 3.17. The first-order valence-corrected chi connectivity index (χ1v) is 2.24. The van der Waals surface area contributed by atoms with Gasteiger partial charge in [-0.15, -0.1) is 0 Å². The lowest BCUT2D eigenvalue weighted by atomic mass is 10.3. The Kier molecular flexibility index (Phi) is 2.44. The molecular weight excluding hydrogens is 120 g/mol. The molecule has 0 aromatic heterocycles. The number of hydrogen-bond acceptors (Lipinski definition) is 2. The first kappa shape index (κ1) is 7.68. The molecule has 0 aliphatic heterocycles. The molecule has 0 aliphatic rings. The molecule has 50 valence electrons. The molecule has 4 nitrogen and oxygen atoms in total. The molecule has 0 aromatic rings.